The van der Waals surface area contributed by atoms with E-state index in [4.69, 9.17) is 11.5 Å². The molecule has 0 radical (unpaired) electrons. The van der Waals surface area contributed by atoms with Crippen LogP contribution in [0.3, 0.4) is 0 Å². The van der Waals surface area contributed by atoms with Gasteiger partial charge in [-0.2, -0.15) is 0 Å². The summed E-state index contributed by atoms with van der Waals surface area (Å²) in [6.07, 6.45) is 16.8. The van der Waals surface area contributed by atoms with Crippen molar-refractivity contribution in [2.75, 3.05) is 13.1 Å². The summed E-state index contributed by atoms with van der Waals surface area (Å²) < 4.78 is 0. The molecule has 0 aromatic carbocycles. The molecule has 0 unspecified atom stereocenters. The third kappa shape index (κ3) is 12.5. The standard InChI is InChI=1S/C12H21N3/c13-9-5-1-3-7-11-15-12-8-4-2-6-10-14/h1-6,9-10,15H,7-8,11-14H2/b3-1-,4-2-,9-5-,10-6-. The first-order valence-corrected chi connectivity index (χ1v) is 5.19. The smallest absolute Gasteiger partial charge is 0.00140 e. The number of nitrogens with two attached hydrogens (primary N) is 2. The maximum absolute atomic E-state index is 5.18. The van der Waals surface area contributed by atoms with Gasteiger partial charge in [0.25, 0.3) is 0 Å². The lowest BCUT2D eigenvalue weighted by atomic mass is 10.3. The van der Waals surface area contributed by atoms with Crippen molar-refractivity contribution in [2.45, 2.75) is 12.8 Å². The Morgan fingerprint density at radius 1 is 0.733 bits per heavy atom. The first-order chi connectivity index (χ1) is 7.41. The van der Waals surface area contributed by atoms with Crippen molar-refractivity contribution < 1.29 is 0 Å². The van der Waals surface area contributed by atoms with Crippen LogP contribution in [0.5, 0.6) is 0 Å². The minimum Gasteiger partial charge on any atom is -0.405 e. The molecule has 0 aliphatic heterocycles. The fraction of sp³-hybridized carbons (Fsp3) is 0.333. The molecule has 0 aromatic heterocycles. The van der Waals surface area contributed by atoms with Crippen molar-refractivity contribution in [1.29, 1.82) is 0 Å². The molecule has 0 aromatic rings. The monoisotopic (exact) mass is 207 g/mol. The van der Waals surface area contributed by atoms with Gasteiger partial charge in [-0.05, 0) is 50.5 Å². The zero-order chi connectivity index (χ0) is 11.2. The molecule has 84 valence electrons. The van der Waals surface area contributed by atoms with Gasteiger partial charge in [0.1, 0.15) is 0 Å². The van der Waals surface area contributed by atoms with E-state index in [1.165, 1.54) is 12.4 Å². The van der Waals surface area contributed by atoms with E-state index >= 15 is 0 Å². The van der Waals surface area contributed by atoms with Crippen molar-refractivity contribution in [3.63, 3.8) is 0 Å². The second-order valence-corrected chi connectivity index (χ2v) is 2.95. The van der Waals surface area contributed by atoms with Crippen molar-refractivity contribution in [3.05, 3.63) is 48.9 Å². The molecule has 0 amide bonds. The third-order valence-electron chi connectivity index (χ3n) is 1.69. The van der Waals surface area contributed by atoms with Crippen LogP contribution in [0.15, 0.2) is 48.9 Å². The van der Waals surface area contributed by atoms with Crippen LogP contribution in [-0.2, 0) is 0 Å². The van der Waals surface area contributed by atoms with Gasteiger partial charge in [0.15, 0.2) is 0 Å². The number of nitrogens with one attached hydrogen (secondary N) is 1. The van der Waals surface area contributed by atoms with Gasteiger partial charge in [0.05, 0.1) is 0 Å². The van der Waals surface area contributed by atoms with E-state index in [1.807, 2.05) is 24.3 Å². The minimum atomic E-state index is 0.996. The molecule has 0 heterocycles. The van der Waals surface area contributed by atoms with Crippen LogP contribution in [0.1, 0.15) is 12.8 Å². The molecule has 0 aliphatic rings. The van der Waals surface area contributed by atoms with Crippen LogP contribution in [0.4, 0.5) is 0 Å². The Morgan fingerprint density at radius 2 is 1.20 bits per heavy atom. The molecule has 0 atom stereocenters. The molecule has 0 bridgehead atoms. The van der Waals surface area contributed by atoms with Crippen LogP contribution < -0.4 is 16.8 Å². The number of allylic oxidation sites excluding steroid dienone is 4. The van der Waals surface area contributed by atoms with Gasteiger partial charge in [-0.25, -0.2) is 0 Å². The lowest BCUT2D eigenvalue weighted by Crippen LogP contribution is -2.15. The fourth-order valence-electron chi connectivity index (χ4n) is 0.974. The van der Waals surface area contributed by atoms with E-state index in [0.29, 0.717) is 0 Å². The number of hydrogen-bond acceptors (Lipinski definition) is 3. The van der Waals surface area contributed by atoms with Gasteiger partial charge < -0.3 is 16.8 Å². The van der Waals surface area contributed by atoms with Gasteiger partial charge in [-0.3, -0.25) is 0 Å². The van der Waals surface area contributed by atoms with Crippen molar-refractivity contribution in [2.24, 2.45) is 11.5 Å². The molecular formula is C12H21N3. The van der Waals surface area contributed by atoms with Crippen LogP contribution in [0, 0.1) is 0 Å². The predicted octanol–water partition coefficient (Wildman–Crippen LogP) is 1.41. The normalized spacial score (nSPS) is 12.8. The molecule has 3 heteroatoms. The number of hydrogen-bond donors (Lipinski definition) is 3. The van der Waals surface area contributed by atoms with Gasteiger partial charge in [-0.1, -0.05) is 24.3 Å². The second-order valence-electron chi connectivity index (χ2n) is 2.95. The Labute approximate surface area is 92.2 Å². The molecule has 3 nitrogen and oxygen atoms in total. The Bertz CT molecular complexity index is 203. The van der Waals surface area contributed by atoms with Crippen LogP contribution in [0.25, 0.3) is 0 Å². The zero-order valence-electron chi connectivity index (χ0n) is 9.10. The maximum Gasteiger partial charge on any atom is -0.00140 e. The van der Waals surface area contributed by atoms with Crippen LogP contribution in [-0.4, -0.2) is 13.1 Å². The first-order valence-electron chi connectivity index (χ1n) is 5.19. The quantitative estimate of drug-likeness (QED) is 0.416. The summed E-state index contributed by atoms with van der Waals surface area (Å²) in [6.45, 7) is 1.99. The summed E-state index contributed by atoms with van der Waals surface area (Å²) in [5.41, 5.74) is 10.4. The van der Waals surface area contributed by atoms with E-state index in [2.05, 4.69) is 17.5 Å². The molecule has 0 spiro atoms. The Morgan fingerprint density at radius 3 is 1.60 bits per heavy atom. The summed E-state index contributed by atoms with van der Waals surface area (Å²) in [5.74, 6) is 0. The second kappa shape index (κ2) is 12.5. The van der Waals surface area contributed by atoms with Crippen LogP contribution >= 0.6 is 0 Å². The SMILES string of the molecule is N/C=C\C=C/CCNCC/C=C\C=C/N. The average molecular weight is 207 g/mol. The molecule has 0 aliphatic carbocycles. The van der Waals surface area contributed by atoms with Crippen LogP contribution in [0.2, 0.25) is 0 Å². The summed E-state index contributed by atoms with van der Waals surface area (Å²) in [7, 11) is 0. The molecule has 5 N–H and O–H groups in total. The van der Waals surface area contributed by atoms with Crippen molar-refractivity contribution in [1.82, 2.24) is 5.32 Å². The minimum absolute atomic E-state index is 0.996. The van der Waals surface area contributed by atoms with Gasteiger partial charge in [0, 0.05) is 0 Å². The highest BCUT2D eigenvalue weighted by Crippen LogP contribution is 1.84. The largest absolute Gasteiger partial charge is 0.405 e. The fourth-order valence-corrected chi connectivity index (χ4v) is 0.974. The molecule has 0 fully saturated rings. The van der Waals surface area contributed by atoms with E-state index < -0.39 is 0 Å². The topological polar surface area (TPSA) is 64.1 Å². The molecule has 0 saturated carbocycles. The summed E-state index contributed by atoms with van der Waals surface area (Å²) >= 11 is 0. The summed E-state index contributed by atoms with van der Waals surface area (Å²) in [5, 5.41) is 3.33. The molecule has 15 heavy (non-hydrogen) atoms. The zero-order valence-corrected chi connectivity index (χ0v) is 9.10. The van der Waals surface area contributed by atoms with Gasteiger partial charge in [-0.15, -0.1) is 0 Å². The third-order valence-corrected chi connectivity index (χ3v) is 1.69. The highest BCUT2D eigenvalue weighted by atomic mass is 14.8. The van der Waals surface area contributed by atoms with Crippen molar-refractivity contribution >= 4 is 0 Å². The summed E-state index contributed by atoms with van der Waals surface area (Å²) in [4.78, 5) is 0. The Balaban J connectivity index is 3.18. The molecule has 0 saturated heterocycles. The highest BCUT2D eigenvalue weighted by Gasteiger charge is 1.82. The lowest BCUT2D eigenvalue weighted by Gasteiger charge is -1.98. The maximum atomic E-state index is 5.18. The molecular weight excluding hydrogens is 186 g/mol. The van der Waals surface area contributed by atoms with Gasteiger partial charge in [0.2, 0.25) is 0 Å². The summed E-state index contributed by atoms with van der Waals surface area (Å²) in [6, 6.07) is 0. The van der Waals surface area contributed by atoms with Crippen molar-refractivity contribution in [3.8, 4) is 0 Å². The van der Waals surface area contributed by atoms with E-state index in [-0.39, 0.29) is 0 Å². The lowest BCUT2D eigenvalue weighted by molar-refractivity contribution is 0.697. The van der Waals surface area contributed by atoms with E-state index in [0.717, 1.165) is 25.9 Å². The Kier molecular flexibility index (Phi) is 11.3. The highest BCUT2D eigenvalue weighted by molar-refractivity contribution is 5.01. The van der Waals surface area contributed by atoms with Gasteiger partial charge >= 0.3 is 0 Å². The predicted molar refractivity (Wildman–Crippen MR) is 67.0 cm³/mol. The molecule has 0 rings (SSSR count). The first kappa shape index (κ1) is 13.5. The van der Waals surface area contributed by atoms with E-state index in [1.54, 1.807) is 0 Å². The Hall–Kier alpha value is -1.48. The average Bonchev–Trinajstić information content (AvgIpc) is 2.26. The number of rotatable bonds is 8. The van der Waals surface area contributed by atoms with E-state index in [9.17, 15) is 0 Å².